The number of carbonyl (C=O) groups excluding carboxylic acids is 1. The van der Waals surface area contributed by atoms with Gasteiger partial charge in [-0.25, -0.2) is 4.98 Å². The minimum absolute atomic E-state index is 0.0265. The van der Waals surface area contributed by atoms with Gasteiger partial charge in [0.05, 0.1) is 6.61 Å². The van der Waals surface area contributed by atoms with E-state index in [-0.39, 0.29) is 12.5 Å². The normalized spacial score (nSPS) is 11.0. The molecule has 0 saturated heterocycles. The molecule has 4 rings (SSSR count). The fourth-order valence-corrected chi connectivity index (χ4v) is 3.18. The Kier molecular flexibility index (Phi) is 5.40. The molecule has 0 unspecified atom stereocenters. The molecule has 1 N–H and O–H groups in total. The van der Waals surface area contributed by atoms with E-state index in [1.165, 1.54) is 5.56 Å². The lowest BCUT2D eigenvalue weighted by atomic mass is 10.1. The van der Waals surface area contributed by atoms with Gasteiger partial charge in [0.15, 0.2) is 0 Å². The van der Waals surface area contributed by atoms with Gasteiger partial charge in [-0.05, 0) is 37.1 Å². The van der Waals surface area contributed by atoms with Crippen molar-refractivity contribution in [2.24, 2.45) is 0 Å². The van der Waals surface area contributed by atoms with E-state index in [1.807, 2.05) is 91.2 Å². The van der Waals surface area contributed by atoms with Crippen LogP contribution in [0.15, 0.2) is 72.9 Å². The Labute approximate surface area is 170 Å². The number of rotatable bonds is 6. The topological polar surface area (TPSA) is 55.6 Å². The first-order valence-electron chi connectivity index (χ1n) is 9.57. The van der Waals surface area contributed by atoms with Crippen LogP contribution in [0.2, 0.25) is 0 Å². The molecule has 0 aliphatic rings. The molecule has 0 atom stereocenters. The minimum Gasteiger partial charge on any atom is -0.367 e. The van der Waals surface area contributed by atoms with Crippen LogP contribution in [0.3, 0.4) is 0 Å². The summed E-state index contributed by atoms with van der Waals surface area (Å²) in [5, 5.41) is 2.99. The Morgan fingerprint density at radius 3 is 2.52 bits per heavy atom. The quantitative estimate of drug-likeness (QED) is 0.520. The molecule has 0 aliphatic heterocycles. The highest BCUT2D eigenvalue weighted by Crippen LogP contribution is 2.29. The van der Waals surface area contributed by atoms with Crippen LogP contribution in [0.4, 0.5) is 5.82 Å². The van der Waals surface area contributed by atoms with Gasteiger partial charge in [-0.2, -0.15) is 0 Å². The molecule has 0 saturated carbocycles. The van der Waals surface area contributed by atoms with E-state index in [1.54, 1.807) is 0 Å². The molecule has 0 bridgehead atoms. The lowest BCUT2D eigenvalue weighted by Gasteiger charge is -2.09. The lowest BCUT2D eigenvalue weighted by molar-refractivity contribution is -0.121. The van der Waals surface area contributed by atoms with Crippen molar-refractivity contribution in [3.63, 3.8) is 0 Å². The number of nitrogens with zero attached hydrogens (tertiary/aromatic N) is 2. The summed E-state index contributed by atoms with van der Waals surface area (Å²) in [5.41, 5.74) is 5.81. The maximum absolute atomic E-state index is 12.6. The highest BCUT2D eigenvalue weighted by atomic mass is 16.5. The molecule has 29 heavy (non-hydrogen) atoms. The van der Waals surface area contributed by atoms with Gasteiger partial charge in [0, 0.05) is 11.8 Å². The molecule has 4 aromatic rings. The second-order valence-corrected chi connectivity index (χ2v) is 7.13. The van der Waals surface area contributed by atoms with Crippen molar-refractivity contribution in [3.8, 4) is 11.3 Å². The van der Waals surface area contributed by atoms with Crippen molar-refractivity contribution in [3.05, 3.63) is 89.6 Å². The number of aromatic nitrogens is 2. The van der Waals surface area contributed by atoms with Gasteiger partial charge < -0.3 is 10.1 Å². The average Bonchev–Trinajstić information content (AvgIpc) is 3.06. The number of pyridine rings is 1. The van der Waals surface area contributed by atoms with E-state index in [4.69, 9.17) is 9.72 Å². The van der Waals surface area contributed by atoms with Crippen molar-refractivity contribution < 1.29 is 9.53 Å². The third-order valence-electron chi connectivity index (χ3n) is 4.71. The zero-order valence-corrected chi connectivity index (χ0v) is 16.6. The van der Waals surface area contributed by atoms with Gasteiger partial charge >= 0.3 is 0 Å². The number of amides is 1. The third-order valence-corrected chi connectivity index (χ3v) is 4.71. The lowest BCUT2D eigenvalue weighted by Crippen LogP contribution is -2.19. The monoisotopic (exact) mass is 385 g/mol. The molecule has 0 radical (unpaired) electrons. The Morgan fingerprint density at radius 2 is 1.76 bits per heavy atom. The van der Waals surface area contributed by atoms with E-state index in [0.717, 1.165) is 28.0 Å². The predicted molar refractivity (Wildman–Crippen MR) is 115 cm³/mol. The Hall–Kier alpha value is -3.44. The fourth-order valence-electron chi connectivity index (χ4n) is 3.18. The zero-order valence-electron chi connectivity index (χ0n) is 16.6. The summed E-state index contributed by atoms with van der Waals surface area (Å²) in [6.07, 6.45) is 1.93. The summed E-state index contributed by atoms with van der Waals surface area (Å²) in [4.78, 5) is 17.3. The molecule has 146 valence electrons. The first-order valence-corrected chi connectivity index (χ1v) is 9.57. The molecule has 1 amide bonds. The molecular formula is C24H23N3O2. The van der Waals surface area contributed by atoms with Crippen LogP contribution < -0.4 is 5.32 Å². The van der Waals surface area contributed by atoms with Gasteiger partial charge in [-0.1, -0.05) is 60.2 Å². The zero-order chi connectivity index (χ0) is 20.2. The van der Waals surface area contributed by atoms with Crippen molar-refractivity contribution >= 4 is 17.4 Å². The predicted octanol–water partition coefficient (Wildman–Crippen LogP) is 4.77. The number of imidazole rings is 1. The van der Waals surface area contributed by atoms with Crippen molar-refractivity contribution in [1.29, 1.82) is 0 Å². The van der Waals surface area contributed by atoms with E-state index in [0.29, 0.717) is 12.4 Å². The average molecular weight is 385 g/mol. The highest BCUT2D eigenvalue weighted by molar-refractivity contribution is 5.95. The van der Waals surface area contributed by atoms with Gasteiger partial charge in [0.2, 0.25) is 0 Å². The Balaban J connectivity index is 1.57. The van der Waals surface area contributed by atoms with Gasteiger partial charge in [0.25, 0.3) is 5.91 Å². The largest absolute Gasteiger partial charge is 0.367 e. The first kappa shape index (κ1) is 18.9. The number of ether oxygens (including phenoxy) is 1. The number of hydrogen-bond acceptors (Lipinski definition) is 3. The smallest absolute Gasteiger partial charge is 0.251 e. The molecular weight excluding hydrogens is 362 g/mol. The number of anilines is 1. The van der Waals surface area contributed by atoms with E-state index in [9.17, 15) is 4.79 Å². The molecule has 0 aliphatic carbocycles. The number of aryl methyl sites for hydroxylation is 2. The summed E-state index contributed by atoms with van der Waals surface area (Å²) in [6.45, 7) is 4.44. The molecule has 2 aromatic heterocycles. The number of benzene rings is 2. The van der Waals surface area contributed by atoms with Gasteiger partial charge in [-0.3, -0.25) is 9.20 Å². The fraction of sp³-hybridized carbons (Fsp3) is 0.167. The van der Waals surface area contributed by atoms with Gasteiger partial charge in [0.1, 0.15) is 23.8 Å². The molecule has 0 spiro atoms. The van der Waals surface area contributed by atoms with E-state index in [2.05, 4.69) is 5.32 Å². The second-order valence-electron chi connectivity index (χ2n) is 7.13. The standard InChI is InChI=1S/C24H23N3O2/c1-17-8-10-20(11-9-17)23-24(27-13-12-18(2)14-21(27)25-23)26-22(28)16-29-15-19-6-4-3-5-7-19/h3-14H,15-16H2,1-2H3,(H,26,28). The molecule has 2 aromatic carbocycles. The summed E-state index contributed by atoms with van der Waals surface area (Å²) in [6, 6.07) is 21.9. The Bertz CT molecular complexity index is 1130. The van der Waals surface area contributed by atoms with Crippen LogP contribution in [0.1, 0.15) is 16.7 Å². The van der Waals surface area contributed by atoms with Crippen molar-refractivity contribution in [2.75, 3.05) is 11.9 Å². The maximum atomic E-state index is 12.6. The van der Waals surface area contributed by atoms with E-state index >= 15 is 0 Å². The number of nitrogens with one attached hydrogen (secondary N) is 1. The molecule has 2 heterocycles. The summed E-state index contributed by atoms with van der Waals surface area (Å²) in [5.74, 6) is 0.439. The van der Waals surface area contributed by atoms with Crippen LogP contribution in [-0.4, -0.2) is 21.9 Å². The van der Waals surface area contributed by atoms with Crippen molar-refractivity contribution in [2.45, 2.75) is 20.5 Å². The maximum Gasteiger partial charge on any atom is 0.251 e. The Morgan fingerprint density at radius 1 is 1.00 bits per heavy atom. The summed E-state index contributed by atoms with van der Waals surface area (Å²) < 4.78 is 7.48. The van der Waals surface area contributed by atoms with Crippen LogP contribution >= 0.6 is 0 Å². The summed E-state index contributed by atoms with van der Waals surface area (Å²) in [7, 11) is 0. The second kappa shape index (κ2) is 8.29. The third kappa shape index (κ3) is 4.36. The van der Waals surface area contributed by atoms with Crippen LogP contribution in [0.5, 0.6) is 0 Å². The van der Waals surface area contributed by atoms with Gasteiger partial charge in [-0.15, -0.1) is 0 Å². The van der Waals surface area contributed by atoms with E-state index < -0.39 is 0 Å². The van der Waals surface area contributed by atoms with Crippen molar-refractivity contribution in [1.82, 2.24) is 9.38 Å². The van der Waals surface area contributed by atoms with Crippen LogP contribution in [0, 0.1) is 13.8 Å². The number of fused-ring (bicyclic) bond motifs is 1. The molecule has 5 nitrogen and oxygen atoms in total. The van der Waals surface area contributed by atoms with Crippen LogP contribution in [-0.2, 0) is 16.1 Å². The number of hydrogen-bond donors (Lipinski definition) is 1. The number of carbonyl (C=O) groups is 1. The highest BCUT2D eigenvalue weighted by Gasteiger charge is 2.16. The summed E-state index contributed by atoms with van der Waals surface area (Å²) >= 11 is 0. The molecule has 5 heteroatoms. The van der Waals surface area contributed by atoms with Crippen LogP contribution in [0.25, 0.3) is 16.9 Å². The minimum atomic E-state index is -0.211. The first-order chi connectivity index (χ1) is 14.1. The SMILES string of the molecule is Cc1ccc(-c2nc3cc(C)ccn3c2NC(=O)COCc2ccccc2)cc1. The molecule has 0 fully saturated rings.